The molecule has 0 saturated heterocycles. The quantitative estimate of drug-likeness (QED) is 0.929. The minimum absolute atomic E-state index is 0.0428. The number of fused-ring (bicyclic) bond motifs is 1. The number of hydrogen-bond donors (Lipinski definition) is 1. The Hall–Kier alpha value is -2.27. The van der Waals surface area contributed by atoms with E-state index in [4.69, 9.17) is 21.1 Å². The second-order valence-electron chi connectivity index (χ2n) is 5.22. The molecule has 1 unspecified atom stereocenters. The maximum atomic E-state index is 13.8. The van der Waals surface area contributed by atoms with Gasteiger partial charge in [-0.3, -0.25) is 4.79 Å². The number of amides is 1. The van der Waals surface area contributed by atoms with E-state index in [1.807, 2.05) is 19.1 Å². The first-order valence-electron chi connectivity index (χ1n) is 7.20. The van der Waals surface area contributed by atoms with Crippen LogP contribution >= 0.6 is 11.6 Å². The van der Waals surface area contributed by atoms with Crippen molar-refractivity contribution >= 4 is 17.5 Å². The summed E-state index contributed by atoms with van der Waals surface area (Å²) in [4.78, 5) is 12.2. The lowest BCUT2D eigenvalue weighted by Crippen LogP contribution is -2.27. The van der Waals surface area contributed by atoms with Gasteiger partial charge in [0.05, 0.1) is 11.6 Å². The Balaban J connectivity index is 1.76. The van der Waals surface area contributed by atoms with E-state index >= 15 is 0 Å². The Morgan fingerprint density at radius 1 is 1.17 bits per heavy atom. The molecule has 3 rings (SSSR count). The third-order valence-electron chi connectivity index (χ3n) is 3.59. The summed E-state index contributed by atoms with van der Waals surface area (Å²) >= 11 is 5.69. The summed E-state index contributed by atoms with van der Waals surface area (Å²) in [6.07, 6.45) is 0. The molecule has 120 valence electrons. The zero-order chi connectivity index (χ0) is 16.4. The highest BCUT2D eigenvalue weighted by Crippen LogP contribution is 2.32. The monoisotopic (exact) mass is 335 g/mol. The highest BCUT2D eigenvalue weighted by atomic mass is 35.5. The third-order valence-corrected chi connectivity index (χ3v) is 3.82. The summed E-state index contributed by atoms with van der Waals surface area (Å²) in [5, 5.41) is 3.01. The number of nitrogens with one attached hydrogen (secondary N) is 1. The average molecular weight is 336 g/mol. The molecule has 0 radical (unpaired) electrons. The van der Waals surface area contributed by atoms with Crippen molar-refractivity contribution in [3.05, 3.63) is 58.4 Å². The Morgan fingerprint density at radius 3 is 2.65 bits per heavy atom. The van der Waals surface area contributed by atoms with Crippen LogP contribution in [0.25, 0.3) is 0 Å². The Morgan fingerprint density at radius 2 is 1.91 bits per heavy atom. The van der Waals surface area contributed by atoms with Crippen molar-refractivity contribution in [2.75, 3.05) is 13.2 Å². The van der Waals surface area contributed by atoms with Gasteiger partial charge in [0.25, 0.3) is 5.91 Å². The van der Waals surface area contributed by atoms with E-state index in [2.05, 4.69) is 5.32 Å². The molecule has 0 spiro atoms. The fraction of sp³-hybridized carbons (Fsp3) is 0.235. The van der Waals surface area contributed by atoms with Crippen molar-refractivity contribution in [1.82, 2.24) is 5.32 Å². The molecular weight excluding hydrogens is 321 g/mol. The number of rotatable bonds is 3. The third kappa shape index (κ3) is 3.40. The van der Waals surface area contributed by atoms with Crippen LogP contribution in [0.1, 0.15) is 28.9 Å². The predicted molar refractivity (Wildman–Crippen MR) is 84.7 cm³/mol. The van der Waals surface area contributed by atoms with Crippen LogP contribution in [0, 0.1) is 5.82 Å². The van der Waals surface area contributed by atoms with E-state index in [-0.39, 0.29) is 16.6 Å². The van der Waals surface area contributed by atoms with Gasteiger partial charge in [0.2, 0.25) is 0 Å². The molecule has 0 fully saturated rings. The Kier molecular flexibility index (Phi) is 4.39. The standard InChI is InChI=1S/C17H15ClFNO3/c1-10(11-2-5-15-16(8-11)23-7-6-22-15)20-17(21)13-4-3-12(18)9-14(13)19/h2-5,8-10H,6-7H2,1H3,(H,20,21). The van der Waals surface area contributed by atoms with E-state index < -0.39 is 11.7 Å². The van der Waals surface area contributed by atoms with Gasteiger partial charge in [0, 0.05) is 5.02 Å². The zero-order valence-corrected chi connectivity index (χ0v) is 13.2. The van der Waals surface area contributed by atoms with Crippen LogP contribution in [0.3, 0.4) is 0 Å². The summed E-state index contributed by atoms with van der Waals surface area (Å²) in [5.41, 5.74) is 0.802. The lowest BCUT2D eigenvalue weighted by Gasteiger charge is -2.21. The van der Waals surface area contributed by atoms with Gasteiger partial charge in [-0.1, -0.05) is 17.7 Å². The molecule has 2 aromatic rings. The van der Waals surface area contributed by atoms with E-state index in [1.165, 1.54) is 12.1 Å². The second-order valence-corrected chi connectivity index (χ2v) is 5.66. The van der Waals surface area contributed by atoms with Gasteiger partial charge >= 0.3 is 0 Å². The molecule has 6 heteroatoms. The topological polar surface area (TPSA) is 47.6 Å². The van der Waals surface area contributed by atoms with Gasteiger partial charge in [0.15, 0.2) is 11.5 Å². The molecule has 2 aromatic carbocycles. The van der Waals surface area contributed by atoms with Gasteiger partial charge in [-0.05, 0) is 42.8 Å². The molecule has 1 aliphatic rings. The van der Waals surface area contributed by atoms with Crippen LogP contribution in [0.15, 0.2) is 36.4 Å². The fourth-order valence-corrected chi connectivity index (χ4v) is 2.52. The van der Waals surface area contributed by atoms with Crippen molar-refractivity contribution in [2.24, 2.45) is 0 Å². The van der Waals surface area contributed by atoms with Gasteiger partial charge in [-0.2, -0.15) is 0 Å². The lowest BCUT2D eigenvalue weighted by atomic mass is 10.1. The molecule has 23 heavy (non-hydrogen) atoms. The highest BCUT2D eigenvalue weighted by molar-refractivity contribution is 6.30. The number of ether oxygens (including phenoxy) is 2. The molecular formula is C17H15ClFNO3. The van der Waals surface area contributed by atoms with Gasteiger partial charge < -0.3 is 14.8 Å². The van der Waals surface area contributed by atoms with E-state index in [0.29, 0.717) is 24.7 Å². The van der Waals surface area contributed by atoms with Crippen molar-refractivity contribution in [3.63, 3.8) is 0 Å². The maximum absolute atomic E-state index is 13.8. The summed E-state index contributed by atoms with van der Waals surface area (Å²) in [7, 11) is 0. The lowest BCUT2D eigenvalue weighted by molar-refractivity contribution is 0.0935. The Labute approximate surface area is 138 Å². The second kappa shape index (κ2) is 6.46. The van der Waals surface area contributed by atoms with Crippen molar-refractivity contribution in [2.45, 2.75) is 13.0 Å². The number of carbonyl (C=O) groups excluding carboxylic acids is 1. The largest absolute Gasteiger partial charge is 0.486 e. The molecule has 1 amide bonds. The van der Waals surface area contributed by atoms with E-state index in [1.54, 1.807) is 6.07 Å². The van der Waals surface area contributed by atoms with Crippen molar-refractivity contribution in [3.8, 4) is 11.5 Å². The molecule has 0 bridgehead atoms. The van der Waals surface area contributed by atoms with E-state index in [9.17, 15) is 9.18 Å². The summed E-state index contributed by atoms with van der Waals surface area (Å²) in [6, 6.07) is 9.11. The maximum Gasteiger partial charge on any atom is 0.254 e. The fourth-order valence-electron chi connectivity index (χ4n) is 2.36. The van der Waals surface area contributed by atoms with Gasteiger partial charge in [-0.15, -0.1) is 0 Å². The van der Waals surface area contributed by atoms with Crippen molar-refractivity contribution in [1.29, 1.82) is 0 Å². The highest BCUT2D eigenvalue weighted by Gasteiger charge is 2.18. The average Bonchev–Trinajstić information content (AvgIpc) is 2.54. The SMILES string of the molecule is CC(NC(=O)c1ccc(Cl)cc1F)c1ccc2c(c1)OCCO2. The van der Waals surface area contributed by atoms with Crippen LogP contribution in [0.5, 0.6) is 11.5 Å². The van der Waals surface area contributed by atoms with Crippen LogP contribution in [-0.2, 0) is 0 Å². The molecule has 0 aromatic heterocycles. The number of benzene rings is 2. The number of hydrogen-bond acceptors (Lipinski definition) is 3. The molecule has 1 heterocycles. The van der Waals surface area contributed by atoms with Crippen LogP contribution in [0.4, 0.5) is 4.39 Å². The van der Waals surface area contributed by atoms with Crippen LogP contribution in [0.2, 0.25) is 5.02 Å². The minimum atomic E-state index is -0.649. The first-order chi connectivity index (χ1) is 11.0. The number of halogens is 2. The molecule has 1 N–H and O–H groups in total. The summed E-state index contributed by atoms with van der Waals surface area (Å²) in [6.45, 7) is 2.83. The van der Waals surface area contributed by atoms with Crippen LogP contribution in [-0.4, -0.2) is 19.1 Å². The molecule has 0 saturated carbocycles. The van der Waals surface area contributed by atoms with Crippen molar-refractivity contribution < 1.29 is 18.7 Å². The summed E-state index contributed by atoms with van der Waals surface area (Å²) in [5.74, 6) is 0.181. The summed E-state index contributed by atoms with van der Waals surface area (Å²) < 4.78 is 24.8. The molecule has 1 atom stereocenters. The van der Waals surface area contributed by atoms with Crippen LogP contribution < -0.4 is 14.8 Å². The van der Waals surface area contributed by atoms with Gasteiger partial charge in [0.1, 0.15) is 19.0 Å². The molecule has 4 nitrogen and oxygen atoms in total. The molecule has 1 aliphatic heterocycles. The molecule has 0 aliphatic carbocycles. The van der Waals surface area contributed by atoms with E-state index in [0.717, 1.165) is 11.6 Å². The number of carbonyl (C=O) groups is 1. The smallest absolute Gasteiger partial charge is 0.254 e. The minimum Gasteiger partial charge on any atom is -0.486 e. The zero-order valence-electron chi connectivity index (χ0n) is 12.4. The first kappa shape index (κ1) is 15.6. The predicted octanol–water partition coefficient (Wildman–Crippen LogP) is 3.74. The Bertz CT molecular complexity index is 751. The van der Waals surface area contributed by atoms with Gasteiger partial charge in [-0.25, -0.2) is 4.39 Å². The first-order valence-corrected chi connectivity index (χ1v) is 7.58. The normalized spacial score (nSPS) is 14.2.